The van der Waals surface area contributed by atoms with Crippen LogP contribution in [0.15, 0.2) is 30.4 Å². The van der Waals surface area contributed by atoms with Gasteiger partial charge < -0.3 is 0 Å². The van der Waals surface area contributed by atoms with Crippen molar-refractivity contribution < 1.29 is 0 Å². The van der Waals surface area contributed by atoms with Crippen molar-refractivity contribution in [3.05, 3.63) is 46.0 Å². The standard InChI is InChI=1S/C13H16Cl2/c1-3-5-7-10(4-2)13-11(14)8-6-9-12(13)15/h3,5-6,8-10H,4,7H2,1-2H3/b5-3-. The molecular formula is C13H16Cl2. The summed E-state index contributed by atoms with van der Waals surface area (Å²) in [6.45, 7) is 4.19. The van der Waals surface area contributed by atoms with E-state index in [0.29, 0.717) is 5.92 Å². The first-order valence-electron chi connectivity index (χ1n) is 5.25. The fourth-order valence-corrected chi connectivity index (χ4v) is 2.40. The molecule has 0 N–H and O–H groups in total. The third-order valence-corrected chi connectivity index (χ3v) is 3.22. The van der Waals surface area contributed by atoms with Gasteiger partial charge in [-0.15, -0.1) is 0 Å². The van der Waals surface area contributed by atoms with Crippen LogP contribution in [0.5, 0.6) is 0 Å². The highest BCUT2D eigenvalue weighted by Crippen LogP contribution is 2.35. The first kappa shape index (κ1) is 12.6. The van der Waals surface area contributed by atoms with Crippen molar-refractivity contribution in [3.8, 4) is 0 Å². The van der Waals surface area contributed by atoms with Crippen molar-refractivity contribution in [2.75, 3.05) is 0 Å². The van der Waals surface area contributed by atoms with Crippen molar-refractivity contribution in [1.82, 2.24) is 0 Å². The Hall–Kier alpha value is -0.460. The van der Waals surface area contributed by atoms with Crippen molar-refractivity contribution >= 4 is 23.2 Å². The number of hydrogen-bond donors (Lipinski definition) is 0. The molecule has 0 nitrogen and oxygen atoms in total. The topological polar surface area (TPSA) is 0 Å². The number of halogens is 2. The molecule has 1 rings (SSSR count). The molecule has 0 amide bonds. The van der Waals surface area contributed by atoms with Crippen LogP contribution in [0.1, 0.15) is 38.2 Å². The number of allylic oxidation sites excluding steroid dienone is 2. The smallest absolute Gasteiger partial charge is 0.0455 e. The van der Waals surface area contributed by atoms with E-state index < -0.39 is 0 Å². The van der Waals surface area contributed by atoms with Gasteiger partial charge in [-0.3, -0.25) is 0 Å². The van der Waals surface area contributed by atoms with Crippen LogP contribution in [0.4, 0.5) is 0 Å². The van der Waals surface area contributed by atoms with E-state index in [0.717, 1.165) is 28.5 Å². The van der Waals surface area contributed by atoms with E-state index in [1.165, 1.54) is 0 Å². The highest BCUT2D eigenvalue weighted by atomic mass is 35.5. The maximum Gasteiger partial charge on any atom is 0.0455 e. The molecule has 0 aliphatic rings. The van der Waals surface area contributed by atoms with Gasteiger partial charge in [0.2, 0.25) is 0 Å². The molecule has 82 valence electrons. The Labute approximate surface area is 102 Å². The van der Waals surface area contributed by atoms with E-state index in [-0.39, 0.29) is 0 Å². The molecule has 0 radical (unpaired) electrons. The Morgan fingerprint density at radius 3 is 2.33 bits per heavy atom. The summed E-state index contributed by atoms with van der Waals surface area (Å²) in [6, 6.07) is 5.69. The lowest BCUT2D eigenvalue weighted by Crippen LogP contribution is -1.98. The first-order chi connectivity index (χ1) is 7.20. The molecule has 0 fully saturated rings. The van der Waals surface area contributed by atoms with Gasteiger partial charge in [-0.05, 0) is 43.4 Å². The molecule has 1 aromatic carbocycles. The average Bonchev–Trinajstić information content (AvgIpc) is 2.22. The minimum Gasteiger partial charge on any atom is -0.0916 e. The van der Waals surface area contributed by atoms with Crippen LogP contribution in [-0.2, 0) is 0 Å². The van der Waals surface area contributed by atoms with Crippen LogP contribution in [0, 0.1) is 0 Å². The van der Waals surface area contributed by atoms with Crippen molar-refractivity contribution in [3.63, 3.8) is 0 Å². The van der Waals surface area contributed by atoms with E-state index in [4.69, 9.17) is 23.2 Å². The molecule has 0 aromatic heterocycles. The lowest BCUT2D eigenvalue weighted by molar-refractivity contribution is 0.674. The average molecular weight is 243 g/mol. The second kappa shape index (κ2) is 6.19. The molecule has 15 heavy (non-hydrogen) atoms. The zero-order valence-electron chi connectivity index (χ0n) is 9.13. The highest BCUT2D eigenvalue weighted by Gasteiger charge is 2.14. The summed E-state index contributed by atoms with van der Waals surface area (Å²) in [6.07, 6.45) is 6.27. The molecule has 0 aliphatic carbocycles. The molecule has 0 heterocycles. The van der Waals surface area contributed by atoms with E-state index in [1.807, 2.05) is 25.1 Å². The largest absolute Gasteiger partial charge is 0.0916 e. The highest BCUT2D eigenvalue weighted by molar-refractivity contribution is 6.36. The predicted molar refractivity (Wildman–Crippen MR) is 68.9 cm³/mol. The fraction of sp³-hybridized carbons (Fsp3) is 0.385. The van der Waals surface area contributed by atoms with Gasteiger partial charge in [0, 0.05) is 10.0 Å². The van der Waals surface area contributed by atoms with E-state index >= 15 is 0 Å². The van der Waals surface area contributed by atoms with Crippen molar-refractivity contribution in [1.29, 1.82) is 0 Å². The van der Waals surface area contributed by atoms with Gasteiger partial charge in [-0.1, -0.05) is 48.3 Å². The summed E-state index contributed by atoms with van der Waals surface area (Å²) in [5.41, 5.74) is 1.08. The van der Waals surface area contributed by atoms with Crippen LogP contribution in [0.3, 0.4) is 0 Å². The summed E-state index contributed by atoms with van der Waals surface area (Å²) >= 11 is 12.3. The maximum atomic E-state index is 6.17. The molecular weight excluding hydrogens is 227 g/mol. The van der Waals surface area contributed by atoms with Crippen molar-refractivity contribution in [2.24, 2.45) is 0 Å². The van der Waals surface area contributed by atoms with Crippen LogP contribution < -0.4 is 0 Å². The van der Waals surface area contributed by atoms with Gasteiger partial charge in [0.15, 0.2) is 0 Å². The van der Waals surface area contributed by atoms with E-state index in [1.54, 1.807) is 0 Å². The fourth-order valence-electron chi connectivity index (χ4n) is 1.69. The Morgan fingerprint density at radius 1 is 1.27 bits per heavy atom. The quantitative estimate of drug-likeness (QED) is 0.616. The molecule has 1 aromatic rings. The zero-order chi connectivity index (χ0) is 11.3. The van der Waals surface area contributed by atoms with Gasteiger partial charge in [-0.25, -0.2) is 0 Å². The van der Waals surface area contributed by atoms with E-state index in [2.05, 4.69) is 19.1 Å². The van der Waals surface area contributed by atoms with Gasteiger partial charge in [0.25, 0.3) is 0 Å². The molecule has 0 saturated heterocycles. The van der Waals surface area contributed by atoms with E-state index in [9.17, 15) is 0 Å². The predicted octanol–water partition coefficient (Wildman–Crippen LogP) is 5.45. The first-order valence-corrected chi connectivity index (χ1v) is 6.01. The lowest BCUT2D eigenvalue weighted by atomic mass is 9.93. The van der Waals surface area contributed by atoms with Crippen LogP contribution in [-0.4, -0.2) is 0 Å². The number of benzene rings is 1. The summed E-state index contributed by atoms with van der Waals surface area (Å²) < 4.78 is 0. The molecule has 0 aliphatic heterocycles. The van der Waals surface area contributed by atoms with Gasteiger partial charge in [0.1, 0.15) is 0 Å². The molecule has 0 spiro atoms. The monoisotopic (exact) mass is 242 g/mol. The second-order valence-corrected chi connectivity index (χ2v) is 4.36. The van der Waals surface area contributed by atoms with Crippen LogP contribution in [0.25, 0.3) is 0 Å². The van der Waals surface area contributed by atoms with Crippen LogP contribution in [0.2, 0.25) is 10.0 Å². The normalized spacial score (nSPS) is 13.3. The van der Waals surface area contributed by atoms with Crippen LogP contribution >= 0.6 is 23.2 Å². The summed E-state index contributed by atoms with van der Waals surface area (Å²) in [4.78, 5) is 0. The Morgan fingerprint density at radius 2 is 1.87 bits per heavy atom. The Kier molecular flexibility index (Phi) is 5.21. The third-order valence-electron chi connectivity index (χ3n) is 2.56. The zero-order valence-corrected chi connectivity index (χ0v) is 10.6. The summed E-state index contributed by atoms with van der Waals surface area (Å²) in [7, 11) is 0. The molecule has 0 bridgehead atoms. The third kappa shape index (κ3) is 3.25. The van der Waals surface area contributed by atoms with Gasteiger partial charge in [0.05, 0.1) is 0 Å². The summed E-state index contributed by atoms with van der Waals surface area (Å²) in [5, 5.41) is 1.55. The summed E-state index contributed by atoms with van der Waals surface area (Å²) in [5.74, 6) is 0.419. The molecule has 1 atom stereocenters. The van der Waals surface area contributed by atoms with Gasteiger partial charge >= 0.3 is 0 Å². The van der Waals surface area contributed by atoms with Crippen molar-refractivity contribution in [2.45, 2.75) is 32.6 Å². The Balaban J connectivity index is 3.00. The molecule has 2 heteroatoms. The molecule has 1 unspecified atom stereocenters. The minimum absolute atomic E-state index is 0.419. The maximum absolute atomic E-state index is 6.17. The Bertz CT molecular complexity index is 322. The SMILES string of the molecule is C/C=C\CC(CC)c1c(Cl)cccc1Cl. The number of rotatable bonds is 4. The molecule has 0 saturated carbocycles. The second-order valence-electron chi connectivity index (χ2n) is 3.55. The minimum atomic E-state index is 0.419. The van der Waals surface area contributed by atoms with Gasteiger partial charge in [-0.2, -0.15) is 0 Å². The number of hydrogen-bond acceptors (Lipinski definition) is 0. The lowest BCUT2D eigenvalue weighted by Gasteiger charge is -2.16.